The topological polar surface area (TPSA) is 56.0 Å². The molecule has 1 aliphatic heterocycles. The smallest absolute Gasteiger partial charge is 0.244 e. The van der Waals surface area contributed by atoms with E-state index in [0.29, 0.717) is 6.54 Å². The van der Waals surface area contributed by atoms with Gasteiger partial charge in [0.25, 0.3) is 0 Å². The number of nitrogens with zero attached hydrogens (tertiary/aromatic N) is 5. The molecule has 0 atom stereocenters. The van der Waals surface area contributed by atoms with Crippen molar-refractivity contribution in [2.45, 2.75) is 46.7 Å². The van der Waals surface area contributed by atoms with Crippen molar-refractivity contribution in [3.05, 3.63) is 11.9 Å². The van der Waals surface area contributed by atoms with Crippen LogP contribution in [0.25, 0.3) is 11.0 Å². The number of aromatic nitrogens is 4. The Kier molecular flexibility index (Phi) is 3.69. The predicted octanol–water partition coefficient (Wildman–Crippen LogP) is 1.82. The average molecular weight is 289 g/mol. The number of carbonyl (C=O) groups is 1. The van der Waals surface area contributed by atoms with Crippen LogP contribution in [0.3, 0.4) is 0 Å². The molecule has 1 saturated heterocycles. The third-order valence-electron chi connectivity index (χ3n) is 4.43. The lowest BCUT2D eigenvalue weighted by molar-refractivity contribution is -0.133. The first-order valence-corrected chi connectivity index (χ1v) is 7.76. The quantitative estimate of drug-likeness (QED) is 0.866. The average Bonchev–Trinajstić information content (AvgIpc) is 3.02. The monoisotopic (exact) mass is 289 g/mol. The van der Waals surface area contributed by atoms with Crippen LogP contribution in [-0.2, 0) is 17.9 Å². The number of amides is 1. The first kappa shape index (κ1) is 14.1. The summed E-state index contributed by atoms with van der Waals surface area (Å²) in [6, 6.07) is 0. The van der Waals surface area contributed by atoms with Gasteiger partial charge >= 0.3 is 0 Å². The first-order chi connectivity index (χ1) is 10.1. The standard InChI is InChI=1S/C15H23N5O/c1-4-19-13-9-16-20(15(13)12(3)17-19)10-14(21)18-7-5-11(2)6-8-18/h9,11H,4-8,10H2,1-3H3. The van der Waals surface area contributed by atoms with Crippen LogP contribution in [0.15, 0.2) is 6.20 Å². The van der Waals surface area contributed by atoms with Crippen LogP contribution in [0, 0.1) is 12.8 Å². The molecule has 0 saturated carbocycles. The van der Waals surface area contributed by atoms with E-state index in [0.717, 1.165) is 55.1 Å². The van der Waals surface area contributed by atoms with Gasteiger partial charge in [0.15, 0.2) is 0 Å². The summed E-state index contributed by atoms with van der Waals surface area (Å²) >= 11 is 0. The molecule has 1 fully saturated rings. The molecule has 0 aliphatic carbocycles. The van der Waals surface area contributed by atoms with E-state index >= 15 is 0 Å². The van der Waals surface area contributed by atoms with Crippen molar-refractivity contribution in [3.8, 4) is 0 Å². The summed E-state index contributed by atoms with van der Waals surface area (Å²) in [5.74, 6) is 0.894. The molecule has 3 heterocycles. The number of likely N-dealkylation sites (tertiary alicyclic amines) is 1. The lowest BCUT2D eigenvalue weighted by atomic mass is 9.99. The Hall–Kier alpha value is -1.85. The number of rotatable bonds is 3. The summed E-state index contributed by atoms with van der Waals surface area (Å²) in [6.07, 6.45) is 4.02. The Morgan fingerprint density at radius 3 is 2.71 bits per heavy atom. The fraction of sp³-hybridized carbons (Fsp3) is 0.667. The molecule has 0 N–H and O–H groups in total. The van der Waals surface area contributed by atoms with Gasteiger partial charge in [0, 0.05) is 19.6 Å². The molecule has 2 aromatic heterocycles. The largest absolute Gasteiger partial charge is 0.341 e. The van der Waals surface area contributed by atoms with E-state index in [1.54, 1.807) is 4.68 Å². The Labute approximate surface area is 124 Å². The Balaban J connectivity index is 1.79. The molecule has 114 valence electrons. The number of hydrogen-bond donors (Lipinski definition) is 0. The van der Waals surface area contributed by atoms with Gasteiger partial charge < -0.3 is 4.90 Å². The summed E-state index contributed by atoms with van der Waals surface area (Å²) in [5, 5.41) is 8.87. The molecule has 6 heteroatoms. The van der Waals surface area contributed by atoms with Gasteiger partial charge in [-0.15, -0.1) is 0 Å². The van der Waals surface area contributed by atoms with Crippen molar-refractivity contribution in [2.24, 2.45) is 5.92 Å². The summed E-state index contributed by atoms with van der Waals surface area (Å²) < 4.78 is 3.73. The molecule has 0 bridgehead atoms. The maximum absolute atomic E-state index is 12.4. The zero-order valence-electron chi connectivity index (χ0n) is 13.0. The molecule has 21 heavy (non-hydrogen) atoms. The van der Waals surface area contributed by atoms with Crippen molar-refractivity contribution in [3.63, 3.8) is 0 Å². The molecule has 1 aliphatic rings. The molecule has 6 nitrogen and oxygen atoms in total. The minimum absolute atomic E-state index is 0.163. The van der Waals surface area contributed by atoms with E-state index in [-0.39, 0.29) is 5.91 Å². The summed E-state index contributed by atoms with van der Waals surface area (Å²) in [4.78, 5) is 14.4. The van der Waals surface area contributed by atoms with Gasteiger partial charge in [-0.3, -0.25) is 14.2 Å². The van der Waals surface area contributed by atoms with Crippen LogP contribution < -0.4 is 0 Å². The summed E-state index contributed by atoms with van der Waals surface area (Å²) in [7, 11) is 0. The highest BCUT2D eigenvalue weighted by molar-refractivity contribution is 5.81. The second-order valence-electron chi connectivity index (χ2n) is 6.00. The first-order valence-electron chi connectivity index (χ1n) is 7.76. The van der Waals surface area contributed by atoms with Gasteiger partial charge in [-0.1, -0.05) is 6.92 Å². The molecule has 0 unspecified atom stereocenters. The van der Waals surface area contributed by atoms with Gasteiger partial charge in [0.2, 0.25) is 5.91 Å². The summed E-state index contributed by atoms with van der Waals surface area (Å²) in [6.45, 7) is 9.15. The molecule has 0 aromatic carbocycles. The Bertz CT molecular complexity index is 648. The van der Waals surface area contributed by atoms with Gasteiger partial charge in [-0.2, -0.15) is 10.2 Å². The fourth-order valence-corrected chi connectivity index (χ4v) is 3.07. The van der Waals surface area contributed by atoms with E-state index < -0.39 is 0 Å². The molecule has 0 radical (unpaired) electrons. The van der Waals surface area contributed by atoms with E-state index in [1.165, 1.54) is 0 Å². The van der Waals surface area contributed by atoms with Gasteiger partial charge in [-0.25, -0.2) is 0 Å². The van der Waals surface area contributed by atoms with Gasteiger partial charge in [-0.05, 0) is 32.6 Å². The minimum Gasteiger partial charge on any atom is -0.341 e. The van der Waals surface area contributed by atoms with Crippen LogP contribution in [-0.4, -0.2) is 43.5 Å². The van der Waals surface area contributed by atoms with Crippen molar-refractivity contribution >= 4 is 16.9 Å². The zero-order chi connectivity index (χ0) is 15.0. The Morgan fingerprint density at radius 1 is 1.33 bits per heavy atom. The lowest BCUT2D eigenvalue weighted by Crippen LogP contribution is -2.39. The van der Waals surface area contributed by atoms with Crippen LogP contribution in [0.2, 0.25) is 0 Å². The second-order valence-corrected chi connectivity index (χ2v) is 6.00. The molecule has 1 amide bonds. The predicted molar refractivity (Wildman–Crippen MR) is 80.9 cm³/mol. The zero-order valence-corrected chi connectivity index (χ0v) is 13.0. The highest BCUT2D eigenvalue weighted by Gasteiger charge is 2.22. The third-order valence-corrected chi connectivity index (χ3v) is 4.43. The van der Waals surface area contributed by atoms with Crippen LogP contribution in [0.4, 0.5) is 0 Å². The van der Waals surface area contributed by atoms with E-state index in [1.807, 2.05) is 22.7 Å². The number of aryl methyl sites for hydroxylation is 2. The van der Waals surface area contributed by atoms with Crippen LogP contribution in [0.5, 0.6) is 0 Å². The summed E-state index contributed by atoms with van der Waals surface area (Å²) in [5.41, 5.74) is 2.93. The highest BCUT2D eigenvalue weighted by atomic mass is 16.2. The van der Waals surface area contributed by atoms with Crippen molar-refractivity contribution < 1.29 is 4.79 Å². The molecule has 0 spiro atoms. The van der Waals surface area contributed by atoms with Gasteiger partial charge in [0.05, 0.1) is 11.9 Å². The lowest BCUT2D eigenvalue weighted by Gasteiger charge is -2.30. The van der Waals surface area contributed by atoms with E-state index in [4.69, 9.17) is 0 Å². The maximum Gasteiger partial charge on any atom is 0.244 e. The van der Waals surface area contributed by atoms with Crippen molar-refractivity contribution in [1.29, 1.82) is 0 Å². The second kappa shape index (κ2) is 5.50. The molecular formula is C15H23N5O. The van der Waals surface area contributed by atoms with E-state index in [9.17, 15) is 4.79 Å². The van der Waals surface area contributed by atoms with Crippen molar-refractivity contribution in [1.82, 2.24) is 24.5 Å². The van der Waals surface area contributed by atoms with Crippen LogP contribution in [0.1, 0.15) is 32.4 Å². The molecule has 2 aromatic rings. The number of piperidine rings is 1. The minimum atomic E-state index is 0.163. The number of fused-ring (bicyclic) bond motifs is 1. The fourth-order valence-electron chi connectivity index (χ4n) is 3.07. The molecule has 3 rings (SSSR count). The van der Waals surface area contributed by atoms with Crippen molar-refractivity contribution in [2.75, 3.05) is 13.1 Å². The number of hydrogen-bond acceptors (Lipinski definition) is 3. The normalized spacial score (nSPS) is 16.8. The molecular weight excluding hydrogens is 266 g/mol. The Morgan fingerprint density at radius 2 is 2.05 bits per heavy atom. The maximum atomic E-state index is 12.4. The van der Waals surface area contributed by atoms with Crippen LogP contribution >= 0.6 is 0 Å². The van der Waals surface area contributed by atoms with Gasteiger partial charge in [0.1, 0.15) is 17.6 Å². The SMILES string of the molecule is CCn1nc(C)c2c1cnn2CC(=O)N1CCC(C)CC1. The third kappa shape index (κ3) is 2.54. The number of carbonyl (C=O) groups excluding carboxylic acids is 1. The van der Waals surface area contributed by atoms with E-state index in [2.05, 4.69) is 24.0 Å². The highest BCUT2D eigenvalue weighted by Crippen LogP contribution is 2.19.